The molecule has 0 aliphatic heterocycles. The highest BCUT2D eigenvalue weighted by Crippen LogP contribution is 2.29. The van der Waals surface area contributed by atoms with Crippen LogP contribution in [0.4, 0.5) is 5.69 Å². The molecule has 0 aliphatic rings. The number of hydrogen-bond acceptors (Lipinski definition) is 5. The number of hydrogen-bond donors (Lipinski definition) is 1. The lowest BCUT2D eigenvalue weighted by Gasteiger charge is -2.15. The van der Waals surface area contributed by atoms with Crippen molar-refractivity contribution in [3.63, 3.8) is 0 Å². The van der Waals surface area contributed by atoms with E-state index >= 15 is 0 Å². The summed E-state index contributed by atoms with van der Waals surface area (Å²) in [6.07, 6.45) is 2.99. The van der Waals surface area contributed by atoms with Crippen LogP contribution in [0, 0.1) is 0 Å². The second-order valence-electron chi connectivity index (χ2n) is 5.07. The number of aromatic nitrogens is 1. The van der Waals surface area contributed by atoms with E-state index in [1.807, 2.05) is 0 Å². The van der Waals surface area contributed by atoms with Crippen molar-refractivity contribution in [2.45, 2.75) is 11.8 Å². The summed E-state index contributed by atoms with van der Waals surface area (Å²) in [5, 5.41) is 2.68. The Labute approximate surface area is 141 Å². The summed E-state index contributed by atoms with van der Waals surface area (Å²) >= 11 is 0. The molecule has 0 aliphatic carbocycles. The summed E-state index contributed by atoms with van der Waals surface area (Å²) in [4.78, 5) is 16.3. The fourth-order valence-corrected chi connectivity index (χ4v) is 2.88. The molecule has 24 heavy (non-hydrogen) atoms. The average molecular weight is 349 g/mol. The number of pyridine rings is 1. The fourth-order valence-electron chi connectivity index (χ4n) is 1.95. The van der Waals surface area contributed by atoms with Gasteiger partial charge in [-0.15, -0.1) is 0 Å². The maximum atomic E-state index is 12.3. The molecule has 7 nitrogen and oxygen atoms in total. The van der Waals surface area contributed by atoms with Crippen LogP contribution in [-0.4, -0.2) is 44.3 Å². The zero-order chi connectivity index (χ0) is 17.7. The molecular weight excluding hydrogens is 330 g/mol. The third-order valence-electron chi connectivity index (χ3n) is 3.20. The number of anilines is 1. The molecule has 8 heteroatoms. The van der Waals surface area contributed by atoms with E-state index in [9.17, 15) is 13.2 Å². The summed E-state index contributed by atoms with van der Waals surface area (Å²) in [5.41, 5.74) is 0.648. The van der Waals surface area contributed by atoms with Crippen molar-refractivity contribution in [1.29, 1.82) is 0 Å². The second kappa shape index (κ2) is 7.41. The highest BCUT2D eigenvalue weighted by Gasteiger charge is 2.20. The molecule has 1 aromatic heterocycles. The van der Waals surface area contributed by atoms with Gasteiger partial charge in [0, 0.05) is 26.5 Å². The van der Waals surface area contributed by atoms with E-state index in [1.165, 1.54) is 38.5 Å². The van der Waals surface area contributed by atoms with Crippen LogP contribution in [0.1, 0.15) is 17.3 Å². The summed E-state index contributed by atoms with van der Waals surface area (Å²) < 4.78 is 31.1. The van der Waals surface area contributed by atoms with Gasteiger partial charge in [0.15, 0.2) is 0 Å². The quantitative estimate of drug-likeness (QED) is 0.861. The van der Waals surface area contributed by atoms with E-state index < -0.39 is 15.9 Å². The molecule has 1 heterocycles. The average Bonchev–Trinajstić information content (AvgIpc) is 2.57. The number of benzene rings is 1. The van der Waals surface area contributed by atoms with Crippen LogP contribution in [0.15, 0.2) is 47.6 Å². The van der Waals surface area contributed by atoms with E-state index in [-0.39, 0.29) is 10.6 Å². The predicted octanol–water partition coefficient (Wildman–Crippen LogP) is 1.98. The van der Waals surface area contributed by atoms with Crippen LogP contribution in [0.2, 0.25) is 0 Å². The highest BCUT2D eigenvalue weighted by atomic mass is 32.2. The molecule has 128 valence electrons. The molecule has 2 aromatic rings. The van der Waals surface area contributed by atoms with Gasteiger partial charge in [0.2, 0.25) is 10.0 Å². The van der Waals surface area contributed by atoms with Crippen molar-refractivity contribution in [2.24, 2.45) is 0 Å². The standard InChI is InChI=1S/C16H19N3O4S/c1-4-23-15-8-7-13(24(21,22)19(2)3)10-14(15)18-16(20)12-6-5-9-17-11-12/h5-11H,4H2,1-3H3,(H,18,20). The van der Waals surface area contributed by atoms with E-state index in [2.05, 4.69) is 10.3 Å². The summed E-state index contributed by atoms with van der Waals surface area (Å²) in [5.74, 6) is -0.00380. The Kier molecular flexibility index (Phi) is 5.53. The van der Waals surface area contributed by atoms with Crippen LogP contribution in [0.3, 0.4) is 0 Å². The molecule has 1 N–H and O–H groups in total. The monoisotopic (exact) mass is 349 g/mol. The number of carbonyl (C=O) groups excluding carboxylic acids is 1. The van der Waals surface area contributed by atoms with Crippen molar-refractivity contribution in [1.82, 2.24) is 9.29 Å². The Morgan fingerprint density at radius 1 is 1.29 bits per heavy atom. The predicted molar refractivity (Wildman–Crippen MR) is 90.7 cm³/mol. The molecule has 1 aromatic carbocycles. The number of nitrogens with zero attached hydrogens (tertiary/aromatic N) is 2. The van der Waals surface area contributed by atoms with Gasteiger partial charge < -0.3 is 10.1 Å². The zero-order valence-corrected chi connectivity index (χ0v) is 14.5. The first-order valence-electron chi connectivity index (χ1n) is 7.27. The summed E-state index contributed by atoms with van der Waals surface area (Å²) in [7, 11) is -0.729. The number of amides is 1. The topological polar surface area (TPSA) is 88.6 Å². The van der Waals surface area contributed by atoms with E-state index in [0.29, 0.717) is 17.9 Å². The molecule has 0 bridgehead atoms. The van der Waals surface area contributed by atoms with Gasteiger partial charge in [-0.3, -0.25) is 9.78 Å². The highest BCUT2D eigenvalue weighted by molar-refractivity contribution is 7.89. The van der Waals surface area contributed by atoms with Crippen molar-refractivity contribution in [3.05, 3.63) is 48.3 Å². The maximum Gasteiger partial charge on any atom is 0.257 e. The van der Waals surface area contributed by atoms with E-state index in [0.717, 1.165) is 4.31 Å². The molecule has 0 saturated carbocycles. The Morgan fingerprint density at radius 3 is 2.62 bits per heavy atom. The maximum absolute atomic E-state index is 12.3. The van der Waals surface area contributed by atoms with Crippen LogP contribution in [0.25, 0.3) is 0 Å². The van der Waals surface area contributed by atoms with Crippen LogP contribution in [-0.2, 0) is 10.0 Å². The number of nitrogens with one attached hydrogen (secondary N) is 1. The molecule has 0 atom stereocenters. The lowest BCUT2D eigenvalue weighted by atomic mass is 10.2. The lowest BCUT2D eigenvalue weighted by Crippen LogP contribution is -2.22. The minimum atomic E-state index is -3.62. The first-order chi connectivity index (χ1) is 11.4. The van der Waals surface area contributed by atoms with Gasteiger partial charge in [-0.05, 0) is 37.3 Å². The van der Waals surface area contributed by atoms with E-state index in [1.54, 1.807) is 25.3 Å². The number of sulfonamides is 1. The van der Waals surface area contributed by atoms with Crippen molar-refractivity contribution < 1.29 is 17.9 Å². The van der Waals surface area contributed by atoms with Gasteiger partial charge in [0.05, 0.1) is 22.8 Å². The molecule has 0 spiro atoms. The number of ether oxygens (including phenoxy) is 1. The van der Waals surface area contributed by atoms with E-state index in [4.69, 9.17) is 4.74 Å². The van der Waals surface area contributed by atoms with Crippen LogP contribution in [0.5, 0.6) is 5.75 Å². The molecule has 0 unspecified atom stereocenters. The molecule has 0 fully saturated rings. The molecule has 1 amide bonds. The van der Waals surface area contributed by atoms with Crippen molar-refractivity contribution in [2.75, 3.05) is 26.0 Å². The Balaban J connectivity index is 2.40. The third-order valence-corrected chi connectivity index (χ3v) is 5.01. The minimum Gasteiger partial charge on any atom is -0.492 e. The third kappa shape index (κ3) is 3.90. The van der Waals surface area contributed by atoms with Gasteiger partial charge >= 0.3 is 0 Å². The number of carbonyl (C=O) groups is 1. The van der Waals surface area contributed by atoms with Gasteiger partial charge in [-0.2, -0.15) is 0 Å². The first-order valence-corrected chi connectivity index (χ1v) is 8.71. The van der Waals surface area contributed by atoms with Crippen molar-refractivity contribution in [3.8, 4) is 5.75 Å². The zero-order valence-electron chi connectivity index (χ0n) is 13.7. The molecule has 0 radical (unpaired) electrons. The van der Waals surface area contributed by atoms with Gasteiger partial charge in [0.25, 0.3) is 5.91 Å². The Hall–Kier alpha value is -2.45. The second-order valence-corrected chi connectivity index (χ2v) is 7.23. The van der Waals surface area contributed by atoms with Crippen molar-refractivity contribution >= 4 is 21.6 Å². The van der Waals surface area contributed by atoms with Crippen LogP contribution >= 0.6 is 0 Å². The smallest absolute Gasteiger partial charge is 0.257 e. The van der Waals surface area contributed by atoms with Crippen LogP contribution < -0.4 is 10.1 Å². The fraction of sp³-hybridized carbons (Fsp3) is 0.250. The van der Waals surface area contributed by atoms with Gasteiger partial charge in [-0.1, -0.05) is 0 Å². The normalized spacial score (nSPS) is 11.3. The lowest BCUT2D eigenvalue weighted by molar-refractivity contribution is 0.102. The largest absolute Gasteiger partial charge is 0.492 e. The SMILES string of the molecule is CCOc1ccc(S(=O)(=O)N(C)C)cc1NC(=O)c1cccnc1. The Bertz CT molecular complexity index is 820. The summed E-state index contributed by atoms with van der Waals surface area (Å²) in [6.45, 7) is 2.19. The minimum absolute atomic E-state index is 0.0671. The summed E-state index contributed by atoms with van der Waals surface area (Å²) in [6, 6.07) is 7.61. The van der Waals surface area contributed by atoms with Gasteiger partial charge in [0.1, 0.15) is 5.75 Å². The molecule has 2 rings (SSSR count). The first kappa shape index (κ1) is 17.9. The molecule has 0 saturated heterocycles. The van der Waals surface area contributed by atoms with Gasteiger partial charge in [-0.25, -0.2) is 12.7 Å². The Morgan fingerprint density at radius 2 is 2.04 bits per heavy atom. The molecular formula is C16H19N3O4S. The number of rotatable bonds is 6.